The fourth-order valence-corrected chi connectivity index (χ4v) is 2.74. The Hall–Kier alpha value is -2.11. The van der Waals surface area contributed by atoms with Crippen LogP contribution < -0.4 is 16.6 Å². The van der Waals surface area contributed by atoms with E-state index in [9.17, 15) is 4.79 Å². The third kappa shape index (κ3) is 2.84. The summed E-state index contributed by atoms with van der Waals surface area (Å²) in [5.41, 5.74) is 6.23. The molecule has 0 unspecified atom stereocenters. The number of pyridine rings is 1. The van der Waals surface area contributed by atoms with Gasteiger partial charge >= 0.3 is 0 Å². The Morgan fingerprint density at radius 3 is 2.81 bits per heavy atom. The van der Waals surface area contributed by atoms with E-state index in [1.165, 1.54) is 29.8 Å². The van der Waals surface area contributed by atoms with E-state index in [0.29, 0.717) is 16.4 Å². The molecular formula is C15H15ClN4O. The zero-order valence-electron chi connectivity index (χ0n) is 11.3. The van der Waals surface area contributed by atoms with E-state index in [1.54, 1.807) is 0 Å². The number of nitrogens with zero attached hydrogens (tertiary/aromatic N) is 1. The molecule has 6 heteroatoms. The highest BCUT2D eigenvalue weighted by Gasteiger charge is 2.13. The first kappa shape index (κ1) is 13.9. The molecule has 1 aromatic carbocycles. The molecular weight excluding hydrogens is 288 g/mol. The molecule has 2 aromatic rings. The second-order valence-corrected chi connectivity index (χ2v) is 5.40. The van der Waals surface area contributed by atoms with Crippen molar-refractivity contribution in [1.29, 1.82) is 0 Å². The predicted octanol–water partition coefficient (Wildman–Crippen LogP) is 2.76. The standard InChI is InChI=1S/C15H15ClN4O/c16-13-7-11(8-18-14(13)20-17)15(21)19-12-5-4-9-2-1-3-10(9)6-12/h4-8H,1-3,17H2,(H,18,20)(H,19,21). The molecule has 0 bridgehead atoms. The number of halogens is 1. The number of nitrogen functional groups attached to an aromatic ring is 1. The number of hydrogen-bond acceptors (Lipinski definition) is 4. The molecule has 0 saturated heterocycles. The maximum absolute atomic E-state index is 12.2. The van der Waals surface area contributed by atoms with Gasteiger partial charge in [-0.25, -0.2) is 10.8 Å². The monoisotopic (exact) mass is 302 g/mol. The molecule has 1 aromatic heterocycles. The first-order valence-corrected chi connectivity index (χ1v) is 7.10. The Labute approximate surface area is 127 Å². The summed E-state index contributed by atoms with van der Waals surface area (Å²) in [5.74, 6) is 5.35. The summed E-state index contributed by atoms with van der Waals surface area (Å²) in [4.78, 5) is 16.2. The molecule has 21 heavy (non-hydrogen) atoms. The van der Waals surface area contributed by atoms with Gasteiger partial charge in [-0.15, -0.1) is 0 Å². The Morgan fingerprint density at radius 1 is 1.24 bits per heavy atom. The molecule has 0 atom stereocenters. The highest BCUT2D eigenvalue weighted by molar-refractivity contribution is 6.33. The molecule has 4 N–H and O–H groups in total. The van der Waals surface area contributed by atoms with Crippen molar-refractivity contribution in [1.82, 2.24) is 4.98 Å². The number of nitrogens with one attached hydrogen (secondary N) is 2. The Balaban J connectivity index is 1.78. The van der Waals surface area contributed by atoms with Gasteiger partial charge in [0.1, 0.15) is 0 Å². The van der Waals surface area contributed by atoms with Crippen LogP contribution in [0.5, 0.6) is 0 Å². The quantitative estimate of drug-likeness (QED) is 0.601. The summed E-state index contributed by atoms with van der Waals surface area (Å²) >= 11 is 5.97. The summed E-state index contributed by atoms with van der Waals surface area (Å²) in [5, 5.41) is 3.17. The molecule has 0 fully saturated rings. The number of nitrogens with two attached hydrogens (primary N) is 1. The number of fused-ring (bicyclic) bond motifs is 1. The van der Waals surface area contributed by atoms with Gasteiger partial charge in [0, 0.05) is 11.9 Å². The van der Waals surface area contributed by atoms with Gasteiger partial charge < -0.3 is 10.7 Å². The van der Waals surface area contributed by atoms with Crippen LogP contribution in [0, 0.1) is 0 Å². The summed E-state index contributed by atoms with van der Waals surface area (Å²) in [6, 6.07) is 7.56. The third-order valence-corrected chi connectivity index (χ3v) is 3.88. The third-order valence-electron chi connectivity index (χ3n) is 3.60. The Kier molecular flexibility index (Phi) is 3.77. The number of hydrazine groups is 1. The van der Waals surface area contributed by atoms with Crippen molar-refractivity contribution in [2.45, 2.75) is 19.3 Å². The zero-order valence-corrected chi connectivity index (χ0v) is 12.1. The van der Waals surface area contributed by atoms with Crippen LogP contribution in [0.2, 0.25) is 5.02 Å². The van der Waals surface area contributed by atoms with Gasteiger partial charge in [0.15, 0.2) is 5.82 Å². The van der Waals surface area contributed by atoms with Crippen LogP contribution in [0.15, 0.2) is 30.5 Å². The maximum atomic E-state index is 12.2. The number of aryl methyl sites for hydroxylation is 2. The summed E-state index contributed by atoms with van der Waals surface area (Å²) in [6.07, 6.45) is 4.81. The van der Waals surface area contributed by atoms with Gasteiger partial charge in [-0.2, -0.15) is 0 Å². The molecule has 1 aliphatic rings. The molecule has 0 spiro atoms. The normalized spacial score (nSPS) is 12.9. The van der Waals surface area contributed by atoms with Crippen molar-refractivity contribution >= 4 is 29.0 Å². The van der Waals surface area contributed by atoms with E-state index < -0.39 is 0 Å². The molecule has 0 radical (unpaired) electrons. The minimum Gasteiger partial charge on any atom is -0.322 e. The van der Waals surface area contributed by atoms with Crippen molar-refractivity contribution < 1.29 is 4.79 Å². The van der Waals surface area contributed by atoms with Crippen molar-refractivity contribution in [3.8, 4) is 0 Å². The van der Waals surface area contributed by atoms with E-state index in [0.717, 1.165) is 18.5 Å². The summed E-state index contributed by atoms with van der Waals surface area (Å²) in [6.45, 7) is 0. The first-order chi connectivity index (χ1) is 10.2. The molecule has 1 amide bonds. The number of carbonyl (C=O) groups excluding carboxylic acids is 1. The lowest BCUT2D eigenvalue weighted by atomic mass is 10.1. The molecule has 1 aliphatic carbocycles. The molecule has 3 rings (SSSR count). The van der Waals surface area contributed by atoms with E-state index in [1.807, 2.05) is 12.1 Å². The van der Waals surface area contributed by atoms with Crippen molar-refractivity contribution in [2.24, 2.45) is 5.84 Å². The van der Waals surface area contributed by atoms with Gasteiger partial charge in [-0.3, -0.25) is 4.79 Å². The highest BCUT2D eigenvalue weighted by atomic mass is 35.5. The number of anilines is 2. The molecule has 5 nitrogen and oxygen atoms in total. The lowest BCUT2D eigenvalue weighted by Gasteiger charge is -2.08. The highest BCUT2D eigenvalue weighted by Crippen LogP contribution is 2.25. The fraction of sp³-hybridized carbons (Fsp3) is 0.200. The lowest BCUT2D eigenvalue weighted by molar-refractivity contribution is 0.102. The smallest absolute Gasteiger partial charge is 0.257 e. The van der Waals surface area contributed by atoms with Crippen LogP contribution in [-0.4, -0.2) is 10.9 Å². The minimum absolute atomic E-state index is 0.245. The fourth-order valence-electron chi connectivity index (χ4n) is 2.52. The Morgan fingerprint density at radius 2 is 2.05 bits per heavy atom. The van der Waals surface area contributed by atoms with Crippen molar-refractivity contribution in [2.75, 3.05) is 10.7 Å². The molecule has 0 saturated carbocycles. The molecule has 0 aliphatic heterocycles. The summed E-state index contributed by atoms with van der Waals surface area (Å²) < 4.78 is 0. The van der Waals surface area contributed by atoms with Crippen LogP contribution in [-0.2, 0) is 12.8 Å². The van der Waals surface area contributed by atoms with Crippen LogP contribution in [0.3, 0.4) is 0 Å². The first-order valence-electron chi connectivity index (χ1n) is 6.72. The van der Waals surface area contributed by atoms with Gasteiger partial charge in [0.25, 0.3) is 5.91 Å². The second kappa shape index (κ2) is 5.71. The number of carbonyl (C=O) groups is 1. The lowest BCUT2D eigenvalue weighted by Crippen LogP contribution is -2.14. The second-order valence-electron chi connectivity index (χ2n) is 4.99. The minimum atomic E-state index is -0.245. The summed E-state index contributed by atoms with van der Waals surface area (Å²) in [7, 11) is 0. The maximum Gasteiger partial charge on any atom is 0.257 e. The predicted molar refractivity (Wildman–Crippen MR) is 83.5 cm³/mol. The number of aromatic nitrogens is 1. The van der Waals surface area contributed by atoms with E-state index in [-0.39, 0.29) is 5.91 Å². The van der Waals surface area contributed by atoms with Gasteiger partial charge in [0.05, 0.1) is 10.6 Å². The topological polar surface area (TPSA) is 80.0 Å². The largest absolute Gasteiger partial charge is 0.322 e. The van der Waals surface area contributed by atoms with Crippen LogP contribution in [0.25, 0.3) is 0 Å². The zero-order chi connectivity index (χ0) is 14.8. The van der Waals surface area contributed by atoms with Crippen LogP contribution >= 0.6 is 11.6 Å². The van der Waals surface area contributed by atoms with Crippen molar-refractivity contribution in [3.63, 3.8) is 0 Å². The molecule has 1 heterocycles. The van der Waals surface area contributed by atoms with Crippen molar-refractivity contribution in [3.05, 3.63) is 52.2 Å². The van der Waals surface area contributed by atoms with Crippen LogP contribution in [0.1, 0.15) is 27.9 Å². The number of benzene rings is 1. The average Bonchev–Trinajstić information content (AvgIpc) is 2.94. The number of hydrogen-bond donors (Lipinski definition) is 3. The average molecular weight is 303 g/mol. The Bertz CT molecular complexity index is 702. The SMILES string of the molecule is NNc1ncc(C(=O)Nc2ccc3c(c2)CCC3)cc1Cl. The number of amides is 1. The van der Waals surface area contributed by atoms with E-state index in [2.05, 4.69) is 21.8 Å². The van der Waals surface area contributed by atoms with Gasteiger partial charge in [0.2, 0.25) is 0 Å². The van der Waals surface area contributed by atoms with Gasteiger partial charge in [-0.1, -0.05) is 17.7 Å². The number of rotatable bonds is 3. The van der Waals surface area contributed by atoms with E-state index in [4.69, 9.17) is 17.4 Å². The molecule has 108 valence electrons. The van der Waals surface area contributed by atoms with Crippen LogP contribution in [0.4, 0.5) is 11.5 Å². The van der Waals surface area contributed by atoms with Gasteiger partial charge in [-0.05, 0) is 48.6 Å². The van der Waals surface area contributed by atoms with E-state index >= 15 is 0 Å².